The number of halogens is 1. The third-order valence-corrected chi connectivity index (χ3v) is 2.75. The Balaban J connectivity index is 2.26. The Kier molecular flexibility index (Phi) is 3.35. The monoisotopic (exact) mass is 260 g/mol. The standard InChI is InChI=1S/C13H9ClN2O2/c1-2-8-16-12(17)10(14)11(13(16)18)15-9-6-4-3-5-7-9/h1,3-7,15H,8H2. The fourth-order valence-corrected chi connectivity index (χ4v) is 1.79. The molecule has 0 spiro atoms. The first-order chi connectivity index (χ1) is 8.65. The summed E-state index contributed by atoms with van der Waals surface area (Å²) in [5.41, 5.74) is 0.734. The molecule has 0 fully saturated rings. The van der Waals surface area contributed by atoms with Gasteiger partial charge in [-0.25, -0.2) is 0 Å². The summed E-state index contributed by atoms with van der Waals surface area (Å²) in [6.45, 7) is -0.0894. The smallest absolute Gasteiger partial charge is 0.279 e. The number of hydrogen-bond donors (Lipinski definition) is 1. The lowest BCUT2D eigenvalue weighted by atomic mass is 10.3. The van der Waals surface area contributed by atoms with E-state index < -0.39 is 11.8 Å². The van der Waals surface area contributed by atoms with Gasteiger partial charge in [-0.2, -0.15) is 0 Å². The van der Waals surface area contributed by atoms with E-state index in [9.17, 15) is 9.59 Å². The zero-order chi connectivity index (χ0) is 13.1. The Bertz CT molecular complexity index is 572. The van der Waals surface area contributed by atoms with E-state index in [4.69, 9.17) is 18.0 Å². The molecular weight excluding hydrogens is 252 g/mol. The molecule has 1 aromatic carbocycles. The van der Waals surface area contributed by atoms with E-state index in [-0.39, 0.29) is 17.3 Å². The van der Waals surface area contributed by atoms with Crippen molar-refractivity contribution in [2.24, 2.45) is 0 Å². The minimum Gasteiger partial charge on any atom is -0.350 e. The molecule has 0 aromatic heterocycles. The molecule has 0 atom stereocenters. The van der Waals surface area contributed by atoms with Crippen LogP contribution in [0.2, 0.25) is 0 Å². The summed E-state index contributed by atoms with van der Waals surface area (Å²) in [7, 11) is 0. The molecule has 0 radical (unpaired) electrons. The van der Waals surface area contributed by atoms with Crippen LogP contribution in [0, 0.1) is 12.3 Å². The lowest BCUT2D eigenvalue weighted by Crippen LogP contribution is -2.32. The molecule has 1 heterocycles. The number of terminal acetylenes is 1. The molecule has 0 aliphatic carbocycles. The SMILES string of the molecule is C#CCN1C(=O)C(Cl)=C(Nc2ccccc2)C1=O. The number of rotatable bonds is 3. The van der Waals surface area contributed by atoms with Crippen LogP contribution in [-0.4, -0.2) is 23.3 Å². The van der Waals surface area contributed by atoms with Crippen molar-refractivity contribution in [2.45, 2.75) is 0 Å². The Labute approximate surface area is 109 Å². The van der Waals surface area contributed by atoms with Gasteiger partial charge in [-0.05, 0) is 12.1 Å². The number of nitrogens with zero attached hydrogens (tertiary/aromatic N) is 1. The quantitative estimate of drug-likeness (QED) is 0.663. The van der Waals surface area contributed by atoms with Crippen LogP contribution < -0.4 is 5.32 Å². The van der Waals surface area contributed by atoms with Gasteiger partial charge in [0.1, 0.15) is 10.7 Å². The van der Waals surface area contributed by atoms with Crippen molar-refractivity contribution in [2.75, 3.05) is 11.9 Å². The van der Waals surface area contributed by atoms with E-state index in [0.29, 0.717) is 5.69 Å². The van der Waals surface area contributed by atoms with E-state index >= 15 is 0 Å². The van der Waals surface area contributed by atoms with Crippen LogP contribution in [0.4, 0.5) is 5.69 Å². The second kappa shape index (κ2) is 4.94. The van der Waals surface area contributed by atoms with Crippen molar-refractivity contribution >= 4 is 29.1 Å². The number of carbonyl (C=O) groups excluding carboxylic acids is 2. The van der Waals surface area contributed by atoms with Gasteiger partial charge in [-0.15, -0.1) is 6.42 Å². The first-order valence-corrected chi connectivity index (χ1v) is 5.54. The average Bonchev–Trinajstić information content (AvgIpc) is 2.58. The number of nitrogens with one attached hydrogen (secondary N) is 1. The van der Waals surface area contributed by atoms with Gasteiger partial charge in [0, 0.05) is 5.69 Å². The van der Waals surface area contributed by atoms with Gasteiger partial charge in [0.05, 0.1) is 6.54 Å². The average molecular weight is 261 g/mol. The molecule has 18 heavy (non-hydrogen) atoms. The summed E-state index contributed by atoms with van der Waals surface area (Å²) in [6.07, 6.45) is 5.10. The van der Waals surface area contributed by atoms with Gasteiger partial charge in [-0.3, -0.25) is 14.5 Å². The predicted molar refractivity (Wildman–Crippen MR) is 68.5 cm³/mol. The van der Waals surface area contributed by atoms with Crippen LogP contribution in [0.1, 0.15) is 0 Å². The molecule has 0 saturated carbocycles. The molecule has 2 rings (SSSR count). The van der Waals surface area contributed by atoms with Crippen molar-refractivity contribution in [3.63, 3.8) is 0 Å². The summed E-state index contributed by atoms with van der Waals surface area (Å²) in [5.74, 6) is 1.17. The van der Waals surface area contributed by atoms with Gasteiger partial charge in [0.15, 0.2) is 0 Å². The van der Waals surface area contributed by atoms with Crippen molar-refractivity contribution < 1.29 is 9.59 Å². The van der Waals surface area contributed by atoms with Crippen molar-refractivity contribution in [3.8, 4) is 12.3 Å². The lowest BCUT2D eigenvalue weighted by molar-refractivity contribution is -0.136. The highest BCUT2D eigenvalue weighted by atomic mass is 35.5. The highest BCUT2D eigenvalue weighted by Crippen LogP contribution is 2.24. The second-order valence-electron chi connectivity index (χ2n) is 3.58. The van der Waals surface area contributed by atoms with E-state index in [0.717, 1.165) is 4.90 Å². The highest BCUT2D eigenvalue weighted by Gasteiger charge is 2.37. The molecule has 5 heteroatoms. The van der Waals surface area contributed by atoms with Gasteiger partial charge < -0.3 is 5.32 Å². The zero-order valence-electron chi connectivity index (χ0n) is 9.31. The number of hydrogen-bond acceptors (Lipinski definition) is 3. The third-order valence-electron chi connectivity index (χ3n) is 2.40. The Morgan fingerprint density at radius 2 is 1.89 bits per heavy atom. The van der Waals surface area contributed by atoms with Crippen molar-refractivity contribution in [1.82, 2.24) is 4.90 Å². The summed E-state index contributed by atoms with van der Waals surface area (Å²) >= 11 is 5.84. The van der Waals surface area contributed by atoms with Crippen LogP contribution >= 0.6 is 11.6 Å². The maximum absolute atomic E-state index is 11.9. The summed E-state index contributed by atoms with van der Waals surface area (Å²) < 4.78 is 0. The number of imide groups is 1. The first kappa shape index (κ1) is 12.2. The van der Waals surface area contributed by atoms with Crippen molar-refractivity contribution in [1.29, 1.82) is 0 Å². The van der Waals surface area contributed by atoms with Crippen LogP contribution in [0.25, 0.3) is 0 Å². The predicted octanol–water partition coefficient (Wildman–Crippen LogP) is 1.55. The van der Waals surface area contributed by atoms with Gasteiger partial charge in [0.25, 0.3) is 11.8 Å². The van der Waals surface area contributed by atoms with Crippen LogP contribution in [0.3, 0.4) is 0 Å². The van der Waals surface area contributed by atoms with Crippen LogP contribution in [0.15, 0.2) is 41.1 Å². The molecule has 1 N–H and O–H groups in total. The van der Waals surface area contributed by atoms with E-state index in [1.807, 2.05) is 6.07 Å². The number of para-hydroxylation sites is 1. The summed E-state index contributed by atoms with van der Waals surface area (Å²) in [4.78, 5) is 24.5. The molecule has 1 aliphatic rings. The van der Waals surface area contributed by atoms with Gasteiger partial charge in [0.2, 0.25) is 0 Å². The van der Waals surface area contributed by atoms with Gasteiger partial charge >= 0.3 is 0 Å². The minimum absolute atomic E-state index is 0.0584. The third kappa shape index (κ3) is 2.08. The second-order valence-corrected chi connectivity index (χ2v) is 3.96. The summed E-state index contributed by atoms with van der Waals surface area (Å²) in [5, 5.41) is 2.69. The number of benzene rings is 1. The lowest BCUT2D eigenvalue weighted by Gasteiger charge is -2.11. The molecule has 90 valence electrons. The van der Waals surface area contributed by atoms with Crippen molar-refractivity contribution in [3.05, 3.63) is 41.1 Å². The zero-order valence-corrected chi connectivity index (χ0v) is 10.1. The number of amides is 2. The molecule has 1 aromatic rings. The number of carbonyl (C=O) groups is 2. The molecule has 1 aliphatic heterocycles. The molecular formula is C13H9ClN2O2. The maximum Gasteiger partial charge on any atom is 0.279 e. The molecule has 0 bridgehead atoms. The van der Waals surface area contributed by atoms with Crippen LogP contribution in [-0.2, 0) is 9.59 Å². The fourth-order valence-electron chi connectivity index (χ4n) is 1.56. The maximum atomic E-state index is 11.9. The first-order valence-electron chi connectivity index (χ1n) is 5.16. The molecule has 2 amide bonds. The van der Waals surface area contributed by atoms with E-state index in [1.165, 1.54) is 0 Å². The topological polar surface area (TPSA) is 49.4 Å². The number of anilines is 1. The largest absolute Gasteiger partial charge is 0.350 e. The Hall–Kier alpha value is -2.25. The molecule has 0 saturated heterocycles. The minimum atomic E-state index is -0.571. The fraction of sp³-hybridized carbons (Fsp3) is 0.0769. The van der Waals surface area contributed by atoms with E-state index in [1.54, 1.807) is 24.3 Å². The Morgan fingerprint density at radius 1 is 1.22 bits per heavy atom. The summed E-state index contributed by atoms with van der Waals surface area (Å²) in [6, 6.07) is 8.97. The van der Waals surface area contributed by atoms with Crippen LogP contribution in [0.5, 0.6) is 0 Å². The Morgan fingerprint density at radius 3 is 2.50 bits per heavy atom. The molecule has 4 nitrogen and oxygen atoms in total. The normalized spacial score (nSPS) is 15.0. The van der Waals surface area contributed by atoms with Gasteiger partial charge in [-0.1, -0.05) is 35.7 Å². The highest BCUT2D eigenvalue weighted by molar-refractivity contribution is 6.48. The molecule has 0 unspecified atom stereocenters. The van der Waals surface area contributed by atoms with E-state index in [2.05, 4.69) is 11.2 Å².